The minimum Gasteiger partial charge on any atom is -0.497 e. The molecule has 6 nitrogen and oxygen atoms in total. The zero-order valence-electron chi connectivity index (χ0n) is 12.8. The molecular formula is C17H14BrN3O3. The summed E-state index contributed by atoms with van der Waals surface area (Å²) in [4.78, 5) is 10.3. The molecule has 0 unspecified atom stereocenters. The van der Waals surface area contributed by atoms with E-state index in [0.717, 1.165) is 27.0 Å². The number of hydrogen-bond acceptors (Lipinski definition) is 4. The second-order valence-electron chi connectivity index (χ2n) is 5.18. The Morgan fingerprint density at radius 2 is 1.83 bits per heavy atom. The summed E-state index contributed by atoms with van der Waals surface area (Å²) >= 11 is 3.50. The molecule has 1 heterocycles. The Balaban J connectivity index is 1.82. The fourth-order valence-electron chi connectivity index (χ4n) is 2.33. The van der Waals surface area contributed by atoms with Crippen molar-refractivity contribution in [2.75, 3.05) is 7.11 Å². The fraction of sp³-hybridized carbons (Fsp3) is 0.118. The number of nitro groups is 1. The van der Waals surface area contributed by atoms with Crippen molar-refractivity contribution in [2.45, 2.75) is 6.54 Å². The van der Waals surface area contributed by atoms with E-state index in [1.807, 2.05) is 35.1 Å². The predicted molar refractivity (Wildman–Crippen MR) is 94.1 cm³/mol. The summed E-state index contributed by atoms with van der Waals surface area (Å²) in [6, 6.07) is 14.1. The monoisotopic (exact) mass is 387 g/mol. The zero-order chi connectivity index (χ0) is 17.1. The van der Waals surface area contributed by atoms with Crippen LogP contribution in [-0.2, 0) is 6.54 Å². The molecule has 2 aromatic carbocycles. The molecule has 7 heteroatoms. The van der Waals surface area contributed by atoms with Crippen LogP contribution >= 0.6 is 15.9 Å². The Morgan fingerprint density at radius 3 is 2.42 bits per heavy atom. The number of benzene rings is 2. The SMILES string of the molecule is COc1ccc(Cn2cc(Br)c(-c3ccc([N+](=O)[O-])cc3)n2)cc1. The summed E-state index contributed by atoms with van der Waals surface area (Å²) in [5.74, 6) is 0.812. The van der Waals surface area contributed by atoms with Crippen LogP contribution in [0.15, 0.2) is 59.2 Å². The maximum absolute atomic E-state index is 10.7. The number of methoxy groups -OCH3 is 1. The predicted octanol–water partition coefficient (Wildman–Crippen LogP) is 4.28. The van der Waals surface area contributed by atoms with Crippen LogP contribution in [0.25, 0.3) is 11.3 Å². The van der Waals surface area contributed by atoms with Gasteiger partial charge in [0.05, 0.1) is 23.1 Å². The number of nitro benzene ring substituents is 1. The van der Waals surface area contributed by atoms with Gasteiger partial charge in [-0.1, -0.05) is 12.1 Å². The van der Waals surface area contributed by atoms with Crippen LogP contribution in [0.1, 0.15) is 5.56 Å². The number of nitrogens with zero attached hydrogens (tertiary/aromatic N) is 3. The van der Waals surface area contributed by atoms with Gasteiger partial charge < -0.3 is 4.74 Å². The van der Waals surface area contributed by atoms with Gasteiger partial charge in [-0.25, -0.2) is 0 Å². The topological polar surface area (TPSA) is 70.2 Å². The summed E-state index contributed by atoms with van der Waals surface area (Å²) in [6.45, 7) is 0.621. The van der Waals surface area contributed by atoms with Gasteiger partial charge in [-0.2, -0.15) is 5.10 Å². The summed E-state index contributed by atoms with van der Waals surface area (Å²) in [5.41, 5.74) is 2.73. The molecule has 0 saturated heterocycles. The van der Waals surface area contributed by atoms with Crippen LogP contribution in [0, 0.1) is 10.1 Å². The Bertz CT molecular complexity index is 858. The molecule has 0 radical (unpaired) electrons. The molecule has 0 aliphatic rings. The van der Waals surface area contributed by atoms with Crippen molar-refractivity contribution in [3.8, 4) is 17.0 Å². The van der Waals surface area contributed by atoms with Crippen molar-refractivity contribution in [3.05, 3.63) is 74.9 Å². The van der Waals surface area contributed by atoms with Gasteiger partial charge in [0.1, 0.15) is 11.4 Å². The summed E-state index contributed by atoms with van der Waals surface area (Å²) in [6.07, 6.45) is 1.89. The smallest absolute Gasteiger partial charge is 0.269 e. The second-order valence-corrected chi connectivity index (χ2v) is 6.03. The highest BCUT2D eigenvalue weighted by molar-refractivity contribution is 9.10. The maximum atomic E-state index is 10.7. The van der Waals surface area contributed by atoms with E-state index in [2.05, 4.69) is 21.0 Å². The molecule has 24 heavy (non-hydrogen) atoms. The number of hydrogen-bond donors (Lipinski definition) is 0. The van der Waals surface area contributed by atoms with Crippen molar-refractivity contribution >= 4 is 21.6 Å². The van der Waals surface area contributed by atoms with Gasteiger partial charge in [-0.05, 0) is 45.8 Å². The first-order valence-electron chi connectivity index (χ1n) is 7.17. The van der Waals surface area contributed by atoms with Gasteiger partial charge in [-0.15, -0.1) is 0 Å². The normalized spacial score (nSPS) is 10.6. The van der Waals surface area contributed by atoms with Gasteiger partial charge in [0.2, 0.25) is 0 Å². The van der Waals surface area contributed by atoms with Gasteiger partial charge in [0, 0.05) is 23.9 Å². The van der Waals surface area contributed by atoms with E-state index in [9.17, 15) is 10.1 Å². The first kappa shape index (κ1) is 16.2. The summed E-state index contributed by atoms with van der Waals surface area (Å²) < 4.78 is 7.81. The minimum atomic E-state index is -0.416. The highest BCUT2D eigenvalue weighted by atomic mass is 79.9. The number of rotatable bonds is 5. The Morgan fingerprint density at radius 1 is 1.17 bits per heavy atom. The lowest BCUT2D eigenvalue weighted by Crippen LogP contribution is -2.00. The van der Waals surface area contributed by atoms with Crippen molar-refractivity contribution in [2.24, 2.45) is 0 Å². The van der Waals surface area contributed by atoms with E-state index in [1.54, 1.807) is 19.2 Å². The lowest BCUT2D eigenvalue weighted by atomic mass is 10.1. The number of halogens is 1. The van der Waals surface area contributed by atoms with Gasteiger partial charge in [-0.3, -0.25) is 14.8 Å². The molecule has 3 aromatic rings. The molecule has 0 N–H and O–H groups in total. The molecule has 122 valence electrons. The Hall–Kier alpha value is -2.67. The molecular weight excluding hydrogens is 374 g/mol. The van der Waals surface area contributed by atoms with E-state index in [0.29, 0.717) is 6.54 Å². The van der Waals surface area contributed by atoms with Crippen molar-refractivity contribution in [3.63, 3.8) is 0 Å². The molecule has 0 spiro atoms. The van der Waals surface area contributed by atoms with E-state index in [1.165, 1.54) is 12.1 Å². The highest BCUT2D eigenvalue weighted by Crippen LogP contribution is 2.28. The van der Waals surface area contributed by atoms with Crippen molar-refractivity contribution in [1.29, 1.82) is 0 Å². The van der Waals surface area contributed by atoms with Gasteiger partial charge in [0.25, 0.3) is 5.69 Å². The molecule has 0 atom stereocenters. The zero-order valence-corrected chi connectivity index (χ0v) is 14.4. The van der Waals surface area contributed by atoms with Crippen molar-refractivity contribution in [1.82, 2.24) is 9.78 Å². The molecule has 0 saturated carbocycles. The first-order valence-corrected chi connectivity index (χ1v) is 7.97. The van der Waals surface area contributed by atoms with Crippen molar-refractivity contribution < 1.29 is 9.66 Å². The van der Waals surface area contributed by atoms with Crippen LogP contribution in [0.4, 0.5) is 5.69 Å². The summed E-state index contributed by atoms with van der Waals surface area (Å²) in [7, 11) is 1.64. The second kappa shape index (κ2) is 6.84. The largest absolute Gasteiger partial charge is 0.497 e. The molecule has 3 rings (SSSR count). The van der Waals surface area contributed by atoms with Gasteiger partial charge in [0.15, 0.2) is 0 Å². The van der Waals surface area contributed by atoms with E-state index in [-0.39, 0.29) is 5.69 Å². The van der Waals surface area contributed by atoms with E-state index in [4.69, 9.17) is 4.74 Å². The average molecular weight is 388 g/mol. The van der Waals surface area contributed by atoms with E-state index >= 15 is 0 Å². The van der Waals surface area contributed by atoms with Crippen LogP contribution in [0.2, 0.25) is 0 Å². The van der Waals surface area contributed by atoms with Crippen LogP contribution in [0.5, 0.6) is 5.75 Å². The third-order valence-electron chi connectivity index (χ3n) is 3.57. The minimum absolute atomic E-state index is 0.0625. The first-order chi connectivity index (χ1) is 11.6. The third kappa shape index (κ3) is 3.46. The summed E-state index contributed by atoms with van der Waals surface area (Å²) in [5, 5.41) is 15.3. The maximum Gasteiger partial charge on any atom is 0.269 e. The lowest BCUT2D eigenvalue weighted by molar-refractivity contribution is -0.384. The third-order valence-corrected chi connectivity index (χ3v) is 4.15. The number of aromatic nitrogens is 2. The van der Waals surface area contributed by atoms with Crippen LogP contribution in [-0.4, -0.2) is 21.8 Å². The van der Waals surface area contributed by atoms with Gasteiger partial charge >= 0.3 is 0 Å². The average Bonchev–Trinajstić information content (AvgIpc) is 2.96. The Kier molecular flexibility index (Phi) is 4.61. The van der Waals surface area contributed by atoms with Crippen LogP contribution in [0.3, 0.4) is 0 Å². The number of non-ortho nitro benzene ring substituents is 1. The van der Waals surface area contributed by atoms with Crippen LogP contribution < -0.4 is 4.74 Å². The fourth-order valence-corrected chi connectivity index (χ4v) is 2.88. The molecule has 0 amide bonds. The molecule has 0 aliphatic heterocycles. The molecule has 0 aliphatic carbocycles. The lowest BCUT2D eigenvalue weighted by Gasteiger charge is -2.04. The molecule has 0 fully saturated rings. The standard InChI is InChI=1S/C17H14BrN3O3/c1-24-15-8-2-12(3-9-15)10-20-11-16(18)17(19-20)13-4-6-14(7-5-13)21(22)23/h2-9,11H,10H2,1H3. The molecule has 1 aromatic heterocycles. The van der Waals surface area contributed by atoms with E-state index < -0.39 is 4.92 Å². The quantitative estimate of drug-likeness (QED) is 0.483. The Labute approximate surface area is 147 Å². The highest BCUT2D eigenvalue weighted by Gasteiger charge is 2.11. The molecule has 0 bridgehead atoms. The number of ether oxygens (including phenoxy) is 1.